The second-order valence-corrected chi connectivity index (χ2v) is 13.7. The van der Waals surface area contributed by atoms with E-state index < -0.39 is 156 Å². The summed E-state index contributed by atoms with van der Waals surface area (Å²) in [6, 6.07) is 21.5. The van der Waals surface area contributed by atoms with Crippen LogP contribution in [0.15, 0.2) is 66.7 Å². The molecule has 350 valence electrons. The number of nitrogens with zero attached hydrogens (tertiary/aromatic N) is 2. The molecule has 0 radical (unpaired) electrons. The average molecular weight is 974 g/mol. The Morgan fingerprint density at radius 3 is 1.03 bits per heavy atom. The summed E-state index contributed by atoms with van der Waals surface area (Å²) in [7, 11) is 0. The molecule has 1 heterocycles. The van der Waals surface area contributed by atoms with Crippen LogP contribution in [-0.4, -0.2) is 17.8 Å². The van der Waals surface area contributed by atoms with Gasteiger partial charge in [-0.1, -0.05) is 42.5 Å². The lowest BCUT2D eigenvalue weighted by Crippen LogP contribution is -2.81. The summed E-state index contributed by atoms with van der Waals surface area (Å²) >= 11 is 0. The molecule has 7 aromatic rings. The molecule has 1 aromatic heterocycles. The molecule has 0 unspecified atom stereocenters. The minimum atomic E-state index is -7.22. The molecule has 6 aromatic carbocycles. The summed E-state index contributed by atoms with van der Waals surface area (Å²) in [5, 5.41) is 11.6. The van der Waals surface area contributed by atoms with Crippen molar-refractivity contribution in [2.24, 2.45) is 0 Å². The first-order valence-electron chi connectivity index (χ1n) is 17.9. The third kappa shape index (κ3) is 7.96. The SMILES string of the molecule is Fc1c(F)c(F)c([B-](c2c(F)c(F)c(F)c(F)c2F)(c2c(F)c(F)c(F)c(F)c2F)c2c(F)c(F)c(F)c(F)c2F)c(F)c1F.O=[N+]([O-])COc1ccc2ccccc2[n+]1Cc1ccccc1. The van der Waals surface area contributed by atoms with E-state index >= 15 is 35.1 Å². The molecule has 0 atom stereocenters. The van der Waals surface area contributed by atoms with E-state index in [1.807, 2.05) is 65.2 Å². The predicted molar refractivity (Wildman–Crippen MR) is 191 cm³/mol. The van der Waals surface area contributed by atoms with Crippen LogP contribution in [0.1, 0.15) is 5.56 Å². The molecule has 0 saturated carbocycles. The van der Waals surface area contributed by atoms with Gasteiger partial charge in [0.2, 0.25) is 5.52 Å². The molecule has 26 heteroatoms. The molecule has 0 bridgehead atoms. The number of rotatable bonds is 9. The van der Waals surface area contributed by atoms with Crippen LogP contribution in [0, 0.1) is 126 Å². The number of halogens is 20. The van der Waals surface area contributed by atoms with Crippen LogP contribution >= 0.6 is 0 Å². The van der Waals surface area contributed by atoms with Crippen molar-refractivity contribution in [2.75, 3.05) is 6.73 Å². The maximum absolute atomic E-state index is 15.4. The van der Waals surface area contributed by atoms with Gasteiger partial charge in [-0.05, 0) is 12.1 Å². The van der Waals surface area contributed by atoms with Crippen LogP contribution in [0.2, 0.25) is 0 Å². The Balaban J connectivity index is 0.000000279. The van der Waals surface area contributed by atoms with Crippen LogP contribution < -0.4 is 31.2 Å². The first kappa shape index (κ1) is 49.0. The van der Waals surface area contributed by atoms with Crippen LogP contribution in [0.3, 0.4) is 0 Å². The largest absolute Gasteiger partial charge is 0.378 e. The Hall–Kier alpha value is -7.41. The van der Waals surface area contributed by atoms with Crippen LogP contribution in [0.4, 0.5) is 87.8 Å². The van der Waals surface area contributed by atoms with Gasteiger partial charge in [0.1, 0.15) is 52.7 Å². The quantitative estimate of drug-likeness (QED) is 0.0213. The number of aromatic nitrogens is 1. The maximum Gasteiger partial charge on any atom is 0.373 e. The highest BCUT2D eigenvalue weighted by atomic mass is 19.2. The van der Waals surface area contributed by atoms with Gasteiger partial charge in [-0.15, -0.1) is 21.9 Å². The van der Waals surface area contributed by atoms with Crippen LogP contribution in [0.25, 0.3) is 10.9 Å². The first-order valence-corrected chi connectivity index (χ1v) is 17.9. The monoisotopic (exact) mass is 974 g/mol. The Labute approximate surface area is 358 Å². The number of nitro groups is 1. The Bertz CT molecular complexity index is 2780. The van der Waals surface area contributed by atoms with Crippen molar-refractivity contribution in [3.63, 3.8) is 0 Å². The second-order valence-electron chi connectivity index (χ2n) is 13.7. The highest BCUT2D eigenvalue weighted by Gasteiger charge is 2.52. The lowest BCUT2D eigenvalue weighted by Gasteiger charge is -2.44. The third-order valence-corrected chi connectivity index (χ3v) is 10.1. The van der Waals surface area contributed by atoms with Gasteiger partial charge in [-0.3, -0.25) is 10.1 Å². The maximum atomic E-state index is 15.4. The number of fused-ring (bicyclic) bond motifs is 1. The minimum absolute atomic E-state index is 0.484. The Morgan fingerprint density at radius 1 is 0.403 bits per heavy atom. The van der Waals surface area contributed by atoms with Crippen molar-refractivity contribution in [3.8, 4) is 5.88 Å². The molecule has 0 spiro atoms. The van der Waals surface area contributed by atoms with Gasteiger partial charge in [0.25, 0.3) is 0 Å². The summed E-state index contributed by atoms with van der Waals surface area (Å²) in [6.07, 6.45) is -7.22. The summed E-state index contributed by atoms with van der Waals surface area (Å²) in [5.74, 6) is -70.9. The Morgan fingerprint density at radius 2 is 0.701 bits per heavy atom. The summed E-state index contributed by atoms with van der Waals surface area (Å²) in [4.78, 5) is 10.1. The molecule has 0 aliphatic heterocycles. The van der Waals surface area contributed by atoms with Gasteiger partial charge in [0, 0.05) is 17.0 Å². The molecule has 0 fully saturated rings. The van der Waals surface area contributed by atoms with Crippen molar-refractivity contribution in [2.45, 2.75) is 6.54 Å². The fourth-order valence-electron chi connectivity index (χ4n) is 7.29. The van der Waals surface area contributed by atoms with E-state index in [9.17, 15) is 62.8 Å². The van der Waals surface area contributed by atoms with E-state index in [2.05, 4.69) is 0 Å². The minimum Gasteiger partial charge on any atom is -0.378 e. The van der Waals surface area contributed by atoms with Gasteiger partial charge in [-0.25, -0.2) is 87.8 Å². The second kappa shape index (κ2) is 18.5. The predicted octanol–water partition coefficient (Wildman–Crippen LogP) is 8.63. The van der Waals surface area contributed by atoms with E-state index in [4.69, 9.17) is 4.74 Å². The van der Waals surface area contributed by atoms with Crippen LogP contribution in [-0.2, 0) is 6.54 Å². The van der Waals surface area contributed by atoms with Gasteiger partial charge in [0.15, 0.2) is 76.4 Å². The van der Waals surface area contributed by atoms with Gasteiger partial charge >= 0.3 is 12.6 Å². The highest BCUT2D eigenvalue weighted by Crippen LogP contribution is 2.31. The number of hydrogen-bond donors (Lipinski definition) is 0. The van der Waals surface area contributed by atoms with Gasteiger partial charge in [-0.2, -0.15) is 4.57 Å². The molecule has 0 aliphatic carbocycles. The van der Waals surface area contributed by atoms with Crippen molar-refractivity contribution >= 4 is 38.9 Å². The van der Waals surface area contributed by atoms with E-state index in [1.165, 1.54) is 0 Å². The van der Waals surface area contributed by atoms with E-state index in [-0.39, 0.29) is 0 Å². The standard InChI is InChI=1S/C24BF20.C17H15N2O3/c26-5-1(6(27)14(35)21(42)13(5)34)25(2-7(28)15(36)22(43)16(37)8(2)29,3-9(30)17(38)23(44)18(39)10(3)31)4-11(32)19(40)24(45)20(41)12(4)33;20-19(21)13-22-17-11-10-15-8-4-5-9-16(15)18(17)12-14-6-2-1-3-7-14/h;1-11H,12-13H2/q-1;+1. The van der Waals surface area contributed by atoms with Crippen molar-refractivity contribution in [1.82, 2.24) is 0 Å². The lowest BCUT2D eigenvalue weighted by molar-refractivity contribution is -0.674. The Kier molecular flexibility index (Phi) is 13.5. The third-order valence-electron chi connectivity index (χ3n) is 10.1. The van der Waals surface area contributed by atoms with E-state index in [0.717, 1.165) is 16.5 Å². The molecule has 0 saturated heterocycles. The van der Waals surface area contributed by atoms with Crippen molar-refractivity contribution < 1.29 is 102 Å². The zero-order valence-corrected chi connectivity index (χ0v) is 32.0. The molecule has 0 aliphatic rings. The molecule has 7 rings (SSSR count). The van der Waals surface area contributed by atoms with E-state index in [1.54, 1.807) is 6.07 Å². The first-order chi connectivity index (χ1) is 31.4. The van der Waals surface area contributed by atoms with Gasteiger partial charge < -0.3 is 4.74 Å². The summed E-state index contributed by atoms with van der Waals surface area (Å²) in [5.41, 5.74) is -12.2. The van der Waals surface area contributed by atoms with Gasteiger partial charge in [0.05, 0.1) is 11.0 Å². The average Bonchev–Trinajstić information content (AvgIpc) is 3.31. The molecule has 0 N–H and O–H groups in total. The zero-order valence-electron chi connectivity index (χ0n) is 32.0. The normalized spacial score (nSPS) is 11.5. The molecular weight excluding hydrogens is 959 g/mol. The fourth-order valence-corrected chi connectivity index (χ4v) is 7.29. The highest BCUT2D eigenvalue weighted by molar-refractivity contribution is 7.20. The topological polar surface area (TPSA) is 56.3 Å². The van der Waals surface area contributed by atoms with E-state index in [0.29, 0.717) is 12.4 Å². The number of benzene rings is 6. The number of para-hydroxylation sites is 1. The zero-order chi connectivity index (χ0) is 49.7. The number of ether oxygens (including phenoxy) is 1. The molecule has 5 nitrogen and oxygen atoms in total. The lowest BCUT2D eigenvalue weighted by atomic mass is 9.12. The van der Waals surface area contributed by atoms with Crippen LogP contribution in [0.5, 0.6) is 5.88 Å². The van der Waals surface area contributed by atoms with Crippen molar-refractivity contribution in [1.29, 1.82) is 0 Å². The summed E-state index contributed by atoms with van der Waals surface area (Å²) in [6.45, 7) is 0.0440. The number of hydrogen-bond acceptors (Lipinski definition) is 3. The van der Waals surface area contributed by atoms with Crippen molar-refractivity contribution in [3.05, 3.63) is 199 Å². The molecule has 0 amide bonds. The smallest absolute Gasteiger partial charge is 0.373 e. The fraction of sp³-hybridized carbons (Fsp3) is 0.0488. The molecular formula is C41H15BF20N2O3. The number of pyridine rings is 1. The molecule has 67 heavy (non-hydrogen) atoms. The summed E-state index contributed by atoms with van der Waals surface area (Å²) < 4.78 is 301.